The maximum Gasteiger partial charge on any atom is 0.195 e. The molecule has 2 N–H and O–H groups in total. The minimum Gasteiger partial charge on any atom is -0.324 e. The second-order valence-electron chi connectivity index (χ2n) is 3.77. The van der Waals surface area contributed by atoms with Crippen LogP contribution in [-0.2, 0) is 7.05 Å². The molecule has 17 heavy (non-hydrogen) atoms. The van der Waals surface area contributed by atoms with Crippen molar-refractivity contribution in [2.24, 2.45) is 12.8 Å². The Morgan fingerprint density at radius 1 is 1.47 bits per heavy atom. The number of rotatable bonds is 3. The normalized spacial score (nSPS) is 12.7. The molecular weight excluding hydrogens is 239 g/mol. The molecule has 0 aliphatic rings. The van der Waals surface area contributed by atoms with Crippen LogP contribution in [0.4, 0.5) is 4.39 Å². The van der Waals surface area contributed by atoms with Gasteiger partial charge in [0.1, 0.15) is 12.1 Å². The maximum atomic E-state index is 13.8. The van der Waals surface area contributed by atoms with Crippen LogP contribution in [0.5, 0.6) is 0 Å². The van der Waals surface area contributed by atoms with Gasteiger partial charge in [0.15, 0.2) is 5.16 Å². The number of nitrogens with two attached hydrogens (primary N) is 1. The van der Waals surface area contributed by atoms with Gasteiger partial charge < -0.3 is 10.3 Å². The lowest BCUT2D eigenvalue weighted by molar-refractivity contribution is 0.590. The molecule has 1 aromatic heterocycles. The summed E-state index contributed by atoms with van der Waals surface area (Å²) in [6, 6.07) is 4.69. The molecule has 1 atom stereocenters. The number of benzene rings is 1. The van der Waals surface area contributed by atoms with Crippen LogP contribution in [0.1, 0.15) is 18.5 Å². The van der Waals surface area contributed by atoms with Gasteiger partial charge in [-0.05, 0) is 30.3 Å². The van der Waals surface area contributed by atoms with Gasteiger partial charge in [0, 0.05) is 13.1 Å². The van der Waals surface area contributed by atoms with E-state index in [-0.39, 0.29) is 11.9 Å². The van der Waals surface area contributed by atoms with E-state index in [1.165, 1.54) is 17.8 Å². The minimum absolute atomic E-state index is 0.221. The van der Waals surface area contributed by atoms with Crippen molar-refractivity contribution >= 4 is 11.8 Å². The van der Waals surface area contributed by atoms with E-state index in [1.54, 1.807) is 17.0 Å². The van der Waals surface area contributed by atoms with Crippen LogP contribution in [0.3, 0.4) is 0 Å². The fraction of sp³-hybridized carbons (Fsp3) is 0.273. The molecule has 2 rings (SSSR count). The summed E-state index contributed by atoms with van der Waals surface area (Å²) in [5, 5.41) is 8.32. The lowest BCUT2D eigenvalue weighted by atomic mass is 10.1. The summed E-state index contributed by atoms with van der Waals surface area (Å²) in [6.45, 7) is 1.83. The Kier molecular flexibility index (Phi) is 3.44. The summed E-state index contributed by atoms with van der Waals surface area (Å²) in [7, 11) is 1.81. The first-order chi connectivity index (χ1) is 8.09. The molecule has 4 nitrogen and oxygen atoms in total. The van der Waals surface area contributed by atoms with E-state index in [2.05, 4.69) is 10.2 Å². The molecule has 0 aliphatic carbocycles. The van der Waals surface area contributed by atoms with Gasteiger partial charge in [-0.15, -0.1) is 10.2 Å². The summed E-state index contributed by atoms with van der Waals surface area (Å²) >= 11 is 1.24. The quantitative estimate of drug-likeness (QED) is 0.909. The SMILES string of the molecule is C[C@H](N)c1cccc(F)c1Sc1nncn1C. The molecule has 0 fully saturated rings. The third-order valence-electron chi connectivity index (χ3n) is 2.35. The van der Waals surface area contributed by atoms with E-state index < -0.39 is 0 Å². The molecule has 0 saturated heterocycles. The molecule has 0 spiro atoms. The van der Waals surface area contributed by atoms with Gasteiger partial charge in [-0.1, -0.05) is 12.1 Å². The van der Waals surface area contributed by atoms with E-state index in [0.717, 1.165) is 5.56 Å². The van der Waals surface area contributed by atoms with Gasteiger partial charge in [0.05, 0.1) is 4.90 Å². The minimum atomic E-state index is -0.284. The Morgan fingerprint density at radius 3 is 2.82 bits per heavy atom. The molecule has 0 unspecified atom stereocenters. The molecule has 90 valence electrons. The van der Waals surface area contributed by atoms with Crippen molar-refractivity contribution in [1.82, 2.24) is 14.8 Å². The maximum absolute atomic E-state index is 13.8. The van der Waals surface area contributed by atoms with Gasteiger partial charge in [0.25, 0.3) is 0 Å². The first kappa shape index (κ1) is 12.1. The van der Waals surface area contributed by atoms with Crippen molar-refractivity contribution in [3.8, 4) is 0 Å². The number of hydrogen-bond acceptors (Lipinski definition) is 4. The monoisotopic (exact) mass is 252 g/mol. The zero-order chi connectivity index (χ0) is 12.4. The summed E-state index contributed by atoms with van der Waals surface area (Å²) in [5.74, 6) is -0.284. The molecule has 1 heterocycles. The third kappa shape index (κ3) is 2.48. The lowest BCUT2D eigenvalue weighted by Gasteiger charge is -2.12. The topological polar surface area (TPSA) is 56.7 Å². The highest BCUT2D eigenvalue weighted by Gasteiger charge is 2.15. The molecule has 2 aromatic rings. The molecule has 1 aromatic carbocycles. The van der Waals surface area contributed by atoms with Gasteiger partial charge in [0.2, 0.25) is 0 Å². The van der Waals surface area contributed by atoms with Crippen molar-refractivity contribution in [1.29, 1.82) is 0 Å². The Balaban J connectivity index is 2.41. The van der Waals surface area contributed by atoms with Crippen LogP contribution in [-0.4, -0.2) is 14.8 Å². The fourth-order valence-electron chi connectivity index (χ4n) is 1.45. The average Bonchev–Trinajstić information content (AvgIpc) is 2.67. The predicted octanol–water partition coefficient (Wildman–Crippen LogP) is 2.13. The van der Waals surface area contributed by atoms with Crippen LogP contribution in [0.25, 0.3) is 0 Å². The van der Waals surface area contributed by atoms with E-state index in [0.29, 0.717) is 10.1 Å². The predicted molar refractivity (Wildman–Crippen MR) is 64.1 cm³/mol. The highest BCUT2D eigenvalue weighted by atomic mass is 32.2. The Morgan fingerprint density at radius 2 is 2.24 bits per heavy atom. The molecule has 6 heteroatoms. The van der Waals surface area contributed by atoms with Crippen LogP contribution in [0, 0.1) is 5.82 Å². The van der Waals surface area contributed by atoms with Crippen molar-refractivity contribution in [3.63, 3.8) is 0 Å². The van der Waals surface area contributed by atoms with Crippen molar-refractivity contribution in [2.75, 3.05) is 0 Å². The number of halogens is 1. The molecular formula is C11H13FN4S. The number of hydrogen-bond donors (Lipinski definition) is 1. The Bertz CT molecular complexity index is 524. The number of nitrogens with zero attached hydrogens (tertiary/aromatic N) is 3. The molecule has 0 radical (unpaired) electrons. The third-order valence-corrected chi connectivity index (χ3v) is 3.54. The summed E-state index contributed by atoms with van der Waals surface area (Å²) in [5.41, 5.74) is 6.60. The average molecular weight is 252 g/mol. The van der Waals surface area contributed by atoms with Gasteiger partial charge in [-0.2, -0.15) is 0 Å². The molecule has 0 aliphatic heterocycles. The van der Waals surface area contributed by atoms with Crippen molar-refractivity contribution < 1.29 is 4.39 Å². The fourth-order valence-corrected chi connectivity index (χ4v) is 2.45. The lowest BCUT2D eigenvalue weighted by Crippen LogP contribution is -2.07. The molecule has 0 amide bonds. The largest absolute Gasteiger partial charge is 0.324 e. The van der Waals surface area contributed by atoms with Crippen molar-refractivity contribution in [3.05, 3.63) is 35.9 Å². The Labute approximate surface area is 103 Å². The number of aromatic nitrogens is 3. The zero-order valence-electron chi connectivity index (χ0n) is 9.59. The van der Waals surface area contributed by atoms with Crippen molar-refractivity contribution in [2.45, 2.75) is 23.0 Å². The molecule has 0 bridgehead atoms. The summed E-state index contributed by atoms with van der Waals surface area (Å²) in [4.78, 5) is 0.513. The van der Waals surface area contributed by atoms with Crippen LogP contribution in [0.2, 0.25) is 0 Å². The second-order valence-corrected chi connectivity index (χ2v) is 4.75. The van der Waals surface area contributed by atoms with E-state index in [9.17, 15) is 4.39 Å². The van der Waals surface area contributed by atoms with E-state index >= 15 is 0 Å². The Hall–Kier alpha value is -1.40. The van der Waals surface area contributed by atoms with E-state index in [1.807, 2.05) is 20.0 Å². The zero-order valence-corrected chi connectivity index (χ0v) is 10.4. The first-order valence-electron chi connectivity index (χ1n) is 5.15. The van der Waals surface area contributed by atoms with Crippen LogP contribution < -0.4 is 5.73 Å². The smallest absolute Gasteiger partial charge is 0.195 e. The van der Waals surface area contributed by atoms with Gasteiger partial charge >= 0.3 is 0 Å². The van der Waals surface area contributed by atoms with E-state index in [4.69, 9.17) is 5.73 Å². The van der Waals surface area contributed by atoms with Gasteiger partial charge in [-0.3, -0.25) is 0 Å². The van der Waals surface area contributed by atoms with Crippen LogP contribution in [0.15, 0.2) is 34.6 Å². The highest BCUT2D eigenvalue weighted by molar-refractivity contribution is 7.99. The number of aryl methyl sites for hydroxylation is 1. The first-order valence-corrected chi connectivity index (χ1v) is 5.97. The van der Waals surface area contributed by atoms with Crippen LogP contribution >= 0.6 is 11.8 Å². The highest BCUT2D eigenvalue weighted by Crippen LogP contribution is 2.33. The summed E-state index contributed by atoms with van der Waals surface area (Å²) in [6.07, 6.45) is 1.58. The second kappa shape index (κ2) is 4.85. The van der Waals surface area contributed by atoms with Gasteiger partial charge in [-0.25, -0.2) is 4.39 Å². The standard InChI is InChI=1S/C11H13FN4S/c1-7(13)8-4-3-5-9(12)10(8)17-11-15-14-6-16(11)2/h3-7H,13H2,1-2H3/t7-/m0/s1. The molecule has 0 saturated carbocycles. The summed E-state index contributed by atoms with van der Waals surface area (Å²) < 4.78 is 15.5.